The van der Waals surface area contributed by atoms with Gasteiger partial charge >= 0.3 is 0 Å². The molecule has 0 aromatic heterocycles. The van der Waals surface area contributed by atoms with Crippen molar-refractivity contribution >= 4 is 40.1 Å². The molecular weight excluding hydrogens is 395 g/mol. The van der Waals surface area contributed by atoms with Crippen molar-refractivity contribution in [1.29, 1.82) is 0 Å². The minimum atomic E-state index is 0.0813. The number of amidine groups is 1. The molecule has 2 atom stereocenters. The summed E-state index contributed by atoms with van der Waals surface area (Å²) in [6, 6.07) is 5.78. The maximum absolute atomic E-state index is 6.27. The fourth-order valence-corrected chi connectivity index (χ4v) is 4.13. The predicted molar refractivity (Wildman–Crippen MR) is 122 cm³/mol. The van der Waals surface area contributed by atoms with Crippen molar-refractivity contribution in [3.8, 4) is 12.3 Å². The summed E-state index contributed by atoms with van der Waals surface area (Å²) in [5, 5.41) is 5.89. The highest BCUT2D eigenvalue weighted by Gasteiger charge is 2.30. The molecule has 0 spiro atoms. The van der Waals surface area contributed by atoms with Crippen molar-refractivity contribution in [1.82, 2.24) is 5.32 Å². The summed E-state index contributed by atoms with van der Waals surface area (Å²) in [6.45, 7) is 6.31. The van der Waals surface area contributed by atoms with Crippen molar-refractivity contribution < 1.29 is 0 Å². The van der Waals surface area contributed by atoms with Crippen molar-refractivity contribution in [3.05, 3.63) is 69.3 Å². The normalized spacial score (nSPS) is 20.5. The number of halogens is 2. The smallest absolute Gasteiger partial charge is 0.158 e. The van der Waals surface area contributed by atoms with Crippen LogP contribution in [0.25, 0.3) is 0 Å². The Hall–Kier alpha value is -1.60. The van der Waals surface area contributed by atoms with Crippen LogP contribution in [0.4, 0.5) is 0 Å². The summed E-state index contributed by atoms with van der Waals surface area (Å²) in [7, 11) is 0. The molecule has 1 aromatic carbocycles. The third-order valence-corrected chi connectivity index (χ3v) is 5.98. The van der Waals surface area contributed by atoms with E-state index in [1.165, 1.54) is 11.1 Å². The van der Waals surface area contributed by atoms with Crippen LogP contribution in [0.15, 0.2) is 58.6 Å². The zero-order valence-corrected chi connectivity index (χ0v) is 18.1. The molecule has 0 saturated heterocycles. The molecule has 1 heterocycles. The van der Waals surface area contributed by atoms with Crippen LogP contribution in [0.5, 0.6) is 0 Å². The first-order chi connectivity index (χ1) is 13.0. The summed E-state index contributed by atoms with van der Waals surface area (Å²) >= 11 is 14.0. The van der Waals surface area contributed by atoms with E-state index in [0.717, 1.165) is 22.2 Å². The summed E-state index contributed by atoms with van der Waals surface area (Å²) in [5.41, 5.74) is 3.51. The van der Waals surface area contributed by atoms with Crippen molar-refractivity contribution in [2.45, 2.75) is 45.0 Å². The molecule has 27 heavy (non-hydrogen) atoms. The van der Waals surface area contributed by atoms with Gasteiger partial charge in [0.2, 0.25) is 0 Å². The number of nitrogens with one attached hydrogen (secondary N) is 1. The van der Waals surface area contributed by atoms with Crippen molar-refractivity contribution in [2.75, 3.05) is 0 Å². The van der Waals surface area contributed by atoms with Gasteiger partial charge in [-0.05, 0) is 57.0 Å². The zero-order chi connectivity index (χ0) is 19.8. The lowest BCUT2D eigenvalue weighted by Crippen LogP contribution is -2.35. The van der Waals surface area contributed by atoms with Crippen LogP contribution in [0, 0.1) is 12.3 Å². The van der Waals surface area contributed by atoms with E-state index in [0.29, 0.717) is 10.8 Å². The van der Waals surface area contributed by atoms with Gasteiger partial charge in [0, 0.05) is 15.8 Å². The topological polar surface area (TPSA) is 24.4 Å². The van der Waals surface area contributed by atoms with Crippen LogP contribution >= 0.6 is 35.0 Å². The van der Waals surface area contributed by atoms with Gasteiger partial charge in [-0.2, -0.15) is 0 Å². The molecule has 0 saturated carbocycles. The van der Waals surface area contributed by atoms with E-state index >= 15 is 0 Å². The van der Waals surface area contributed by atoms with Gasteiger partial charge in [0.25, 0.3) is 0 Å². The first kappa shape index (κ1) is 21.7. The molecule has 0 amide bonds. The molecule has 0 bridgehead atoms. The lowest BCUT2D eigenvalue weighted by molar-refractivity contribution is 0.640. The molecule has 1 aliphatic rings. The van der Waals surface area contributed by atoms with E-state index in [2.05, 4.69) is 44.2 Å². The number of benzene rings is 1. The summed E-state index contributed by atoms with van der Waals surface area (Å²) in [4.78, 5) is 4.92. The van der Waals surface area contributed by atoms with Crippen LogP contribution in [0.1, 0.15) is 32.8 Å². The molecule has 2 rings (SSSR count). The van der Waals surface area contributed by atoms with Gasteiger partial charge < -0.3 is 5.32 Å². The minimum Gasteiger partial charge on any atom is -0.356 e. The fraction of sp³-hybridized carbons (Fsp3) is 0.318. The Morgan fingerprint density at radius 1 is 1.33 bits per heavy atom. The van der Waals surface area contributed by atoms with E-state index in [-0.39, 0.29) is 12.1 Å². The number of thioether (sulfide) groups is 1. The van der Waals surface area contributed by atoms with Crippen molar-refractivity contribution in [2.24, 2.45) is 4.99 Å². The van der Waals surface area contributed by atoms with Gasteiger partial charge in [-0.15, -0.1) is 6.42 Å². The van der Waals surface area contributed by atoms with Gasteiger partial charge in [-0.25, -0.2) is 0 Å². The Balaban J connectivity index is 2.13. The SMILES string of the molecule is C#C/C=C\C/C=C(\C)[C@H]1N=C(SCc2cc(Cl)ccc2Cl)N[C@H]1/C(C)=C/C. The molecular formula is C22H24Cl2N2S. The van der Waals surface area contributed by atoms with E-state index < -0.39 is 0 Å². The van der Waals surface area contributed by atoms with Crippen LogP contribution in [-0.2, 0) is 5.75 Å². The first-order valence-electron chi connectivity index (χ1n) is 8.78. The second-order valence-corrected chi connectivity index (χ2v) is 8.12. The maximum Gasteiger partial charge on any atom is 0.158 e. The molecule has 0 fully saturated rings. The standard InChI is InChI=1S/C22H24Cl2N2S/c1-5-7-8-9-10-16(4)21-20(15(3)6-2)25-22(26-21)27-14-17-13-18(23)11-12-19(17)24/h1,6-8,10-13,20-21H,9,14H2,2-4H3,(H,25,26)/b8-7-,15-6+,16-10+/t20-,21+/m0/s1. The predicted octanol–water partition coefficient (Wildman–Crippen LogP) is 6.42. The van der Waals surface area contributed by atoms with Crippen LogP contribution < -0.4 is 5.32 Å². The molecule has 5 heteroatoms. The second-order valence-electron chi connectivity index (χ2n) is 6.31. The summed E-state index contributed by atoms with van der Waals surface area (Å²) < 4.78 is 0. The Kier molecular flexibility index (Phi) is 8.57. The number of hydrogen-bond acceptors (Lipinski definition) is 3. The van der Waals surface area contributed by atoms with E-state index in [1.807, 2.05) is 18.2 Å². The molecule has 1 aromatic rings. The number of rotatable bonds is 6. The highest BCUT2D eigenvalue weighted by molar-refractivity contribution is 8.13. The number of terminal acetylenes is 1. The summed E-state index contributed by atoms with van der Waals surface area (Å²) in [5.74, 6) is 3.23. The Morgan fingerprint density at radius 2 is 2.11 bits per heavy atom. The molecule has 0 aliphatic carbocycles. The van der Waals surface area contributed by atoms with Gasteiger partial charge in [0.1, 0.15) is 0 Å². The zero-order valence-electron chi connectivity index (χ0n) is 15.8. The van der Waals surface area contributed by atoms with E-state index in [4.69, 9.17) is 34.6 Å². The Morgan fingerprint density at radius 3 is 2.81 bits per heavy atom. The van der Waals surface area contributed by atoms with Crippen LogP contribution in [0.3, 0.4) is 0 Å². The third-order valence-electron chi connectivity index (χ3n) is 4.43. The molecule has 2 nitrogen and oxygen atoms in total. The fourth-order valence-electron chi connectivity index (χ4n) is 2.75. The molecule has 1 aliphatic heterocycles. The first-order valence-corrected chi connectivity index (χ1v) is 10.5. The number of allylic oxidation sites excluding steroid dienone is 4. The molecule has 0 unspecified atom stereocenters. The molecule has 1 N–H and O–H groups in total. The monoisotopic (exact) mass is 418 g/mol. The number of aliphatic imine (C=N–C) groups is 1. The molecule has 0 radical (unpaired) electrons. The van der Waals surface area contributed by atoms with Gasteiger partial charge in [-0.3, -0.25) is 4.99 Å². The highest BCUT2D eigenvalue weighted by Crippen LogP contribution is 2.29. The molecule has 142 valence electrons. The largest absolute Gasteiger partial charge is 0.356 e. The van der Waals surface area contributed by atoms with Crippen molar-refractivity contribution in [3.63, 3.8) is 0 Å². The second kappa shape index (κ2) is 10.7. The number of hydrogen-bond donors (Lipinski definition) is 1. The average molecular weight is 419 g/mol. The van der Waals surface area contributed by atoms with E-state index in [9.17, 15) is 0 Å². The highest BCUT2D eigenvalue weighted by atomic mass is 35.5. The Labute approximate surface area is 176 Å². The van der Waals surface area contributed by atoms with Gasteiger partial charge in [0.05, 0.1) is 12.1 Å². The average Bonchev–Trinajstić information content (AvgIpc) is 3.09. The van der Waals surface area contributed by atoms with Gasteiger partial charge in [-0.1, -0.05) is 70.3 Å². The lowest BCUT2D eigenvalue weighted by Gasteiger charge is -2.20. The quantitative estimate of drug-likeness (QED) is 0.425. The third kappa shape index (κ3) is 6.21. The van der Waals surface area contributed by atoms with Gasteiger partial charge in [0.15, 0.2) is 5.17 Å². The lowest BCUT2D eigenvalue weighted by atomic mass is 9.95. The van der Waals surface area contributed by atoms with Crippen LogP contribution in [-0.4, -0.2) is 17.3 Å². The van der Waals surface area contributed by atoms with E-state index in [1.54, 1.807) is 23.9 Å². The minimum absolute atomic E-state index is 0.0813. The summed E-state index contributed by atoms with van der Waals surface area (Å²) in [6.07, 6.45) is 14.1. The number of nitrogens with zero attached hydrogens (tertiary/aromatic N) is 1. The maximum atomic E-state index is 6.27. The Bertz CT molecular complexity index is 831. The van der Waals surface area contributed by atoms with Crippen LogP contribution in [0.2, 0.25) is 10.0 Å².